The fourth-order valence-electron chi connectivity index (χ4n) is 2.17. The third-order valence-corrected chi connectivity index (χ3v) is 3.36. The fourth-order valence-corrected chi connectivity index (χ4v) is 2.17. The number of halogens is 3. The van der Waals surface area contributed by atoms with Gasteiger partial charge < -0.3 is 9.84 Å². The first-order valence-corrected chi connectivity index (χ1v) is 6.64. The van der Waals surface area contributed by atoms with Crippen LogP contribution in [0, 0.1) is 17.5 Å². The van der Waals surface area contributed by atoms with Crippen LogP contribution in [0.4, 0.5) is 13.2 Å². The average molecular weight is 334 g/mol. The molecule has 0 atom stereocenters. The Morgan fingerprint density at radius 2 is 1.88 bits per heavy atom. The number of ether oxygens (including phenoxy) is 1. The first kappa shape index (κ1) is 15.7. The Morgan fingerprint density at radius 3 is 2.58 bits per heavy atom. The molecule has 0 aliphatic rings. The van der Waals surface area contributed by atoms with E-state index in [4.69, 9.17) is 4.74 Å². The highest BCUT2D eigenvalue weighted by Crippen LogP contribution is 2.27. The van der Waals surface area contributed by atoms with Crippen LogP contribution in [0.25, 0.3) is 11.0 Å². The number of methoxy groups -OCH3 is 1. The molecule has 0 unspecified atom stereocenters. The Morgan fingerprint density at radius 1 is 1.12 bits per heavy atom. The van der Waals surface area contributed by atoms with Gasteiger partial charge in [-0.3, -0.25) is 4.79 Å². The Bertz CT molecular complexity index is 950. The molecular weight excluding hydrogens is 325 g/mol. The topological polar surface area (TPSA) is 72.3 Å². The number of phenols is 1. The van der Waals surface area contributed by atoms with E-state index in [9.17, 15) is 23.1 Å². The lowest BCUT2D eigenvalue weighted by molar-refractivity contribution is 0.102. The summed E-state index contributed by atoms with van der Waals surface area (Å²) in [6, 6.07) is 4.20. The third kappa shape index (κ3) is 2.51. The van der Waals surface area contributed by atoms with E-state index in [0.717, 1.165) is 0 Å². The molecule has 0 bridgehead atoms. The minimum atomic E-state index is -1.67. The lowest BCUT2D eigenvalue weighted by atomic mass is 10.0. The Balaban J connectivity index is 2.16. The van der Waals surface area contributed by atoms with Crippen LogP contribution >= 0.6 is 0 Å². The SMILES string of the molecule is COc1cnc2ccc(C(=O)c3c(F)c(O)cc(F)c3F)cc2n1. The molecule has 1 N–H and O–H groups in total. The molecule has 5 nitrogen and oxygen atoms in total. The van der Waals surface area contributed by atoms with E-state index in [1.165, 1.54) is 31.5 Å². The maximum absolute atomic E-state index is 13.9. The molecule has 2 aromatic carbocycles. The van der Waals surface area contributed by atoms with Crippen LogP contribution in [0.5, 0.6) is 11.6 Å². The van der Waals surface area contributed by atoms with Crippen molar-refractivity contribution in [1.29, 1.82) is 0 Å². The van der Waals surface area contributed by atoms with Crippen LogP contribution in [-0.2, 0) is 0 Å². The molecule has 0 saturated heterocycles. The van der Waals surface area contributed by atoms with Gasteiger partial charge in [-0.15, -0.1) is 0 Å². The first-order valence-electron chi connectivity index (χ1n) is 6.64. The summed E-state index contributed by atoms with van der Waals surface area (Å²) in [5, 5.41) is 9.27. The molecule has 1 heterocycles. The van der Waals surface area contributed by atoms with Crippen molar-refractivity contribution in [3.63, 3.8) is 0 Å². The van der Waals surface area contributed by atoms with Crippen LogP contribution in [0.15, 0.2) is 30.5 Å². The summed E-state index contributed by atoms with van der Waals surface area (Å²) in [5.74, 6) is -6.83. The van der Waals surface area contributed by atoms with Crippen molar-refractivity contribution in [1.82, 2.24) is 9.97 Å². The van der Waals surface area contributed by atoms with E-state index in [2.05, 4.69) is 9.97 Å². The average Bonchev–Trinajstić information content (AvgIpc) is 2.59. The number of fused-ring (bicyclic) bond motifs is 1. The van der Waals surface area contributed by atoms with Crippen molar-refractivity contribution in [2.45, 2.75) is 0 Å². The number of ketones is 1. The molecule has 1 aromatic heterocycles. The molecule has 0 saturated carbocycles. The van der Waals surface area contributed by atoms with Gasteiger partial charge in [-0.1, -0.05) is 0 Å². The molecule has 8 heteroatoms. The highest BCUT2D eigenvalue weighted by molar-refractivity contribution is 6.10. The van der Waals surface area contributed by atoms with Crippen LogP contribution in [0.1, 0.15) is 15.9 Å². The van der Waals surface area contributed by atoms with E-state index in [0.29, 0.717) is 5.52 Å². The predicted molar refractivity (Wildman–Crippen MR) is 77.5 cm³/mol. The summed E-state index contributed by atoms with van der Waals surface area (Å²) >= 11 is 0. The minimum Gasteiger partial charge on any atom is -0.505 e. The lowest BCUT2D eigenvalue weighted by Crippen LogP contribution is -2.10. The molecular formula is C16H9F3N2O3. The fraction of sp³-hybridized carbons (Fsp3) is 0.0625. The maximum atomic E-state index is 13.9. The van der Waals surface area contributed by atoms with Gasteiger partial charge in [0.2, 0.25) is 5.88 Å². The normalized spacial score (nSPS) is 10.8. The van der Waals surface area contributed by atoms with Gasteiger partial charge in [0.1, 0.15) is 5.56 Å². The number of phenolic OH excluding ortho intramolecular Hbond substituents is 1. The van der Waals surface area contributed by atoms with Crippen LogP contribution in [-0.4, -0.2) is 28.0 Å². The number of benzene rings is 2. The number of hydrogen-bond donors (Lipinski definition) is 1. The molecule has 3 rings (SSSR count). The zero-order valence-electron chi connectivity index (χ0n) is 12.2. The van der Waals surface area contributed by atoms with E-state index in [1.807, 2.05) is 0 Å². The Hall–Kier alpha value is -3.16. The molecule has 0 aliphatic heterocycles. The minimum absolute atomic E-state index is 0.146. The van der Waals surface area contributed by atoms with Crippen molar-refractivity contribution in [2.24, 2.45) is 0 Å². The maximum Gasteiger partial charge on any atom is 0.232 e. The second-order valence-corrected chi connectivity index (χ2v) is 4.83. The number of carbonyl (C=O) groups excluding carboxylic acids is 1. The molecule has 3 aromatic rings. The van der Waals surface area contributed by atoms with Crippen molar-refractivity contribution in [3.8, 4) is 11.6 Å². The molecule has 0 radical (unpaired) electrons. The molecule has 122 valence electrons. The summed E-state index contributed by atoms with van der Waals surface area (Å²) in [4.78, 5) is 20.5. The number of hydrogen-bond acceptors (Lipinski definition) is 5. The van der Waals surface area contributed by atoms with E-state index < -0.39 is 34.5 Å². The number of aromatic hydroxyl groups is 1. The van der Waals surface area contributed by atoms with Gasteiger partial charge >= 0.3 is 0 Å². The zero-order valence-corrected chi connectivity index (χ0v) is 12.2. The second kappa shape index (κ2) is 5.80. The highest BCUT2D eigenvalue weighted by atomic mass is 19.2. The van der Waals surface area contributed by atoms with E-state index in [1.54, 1.807) is 0 Å². The number of nitrogens with zero attached hydrogens (tertiary/aromatic N) is 2. The van der Waals surface area contributed by atoms with E-state index >= 15 is 0 Å². The third-order valence-electron chi connectivity index (χ3n) is 3.36. The van der Waals surface area contributed by atoms with Gasteiger partial charge in [-0.25, -0.2) is 23.1 Å². The van der Waals surface area contributed by atoms with Gasteiger partial charge in [0.15, 0.2) is 29.0 Å². The van der Waals surface area contributed by atoms with Crippen molar-refractivity contribution < 1.29 is 27.8 Å². The van der Waals surface area contributed by atoms with Crippen molar-refractivity contribution in [3.05, 3.63) is 59.0 Å². The molecule has 0 spiro atoms. The number of aromatic nitrogens is 2. The van der Waals surface area contributed by atoms with Crippen LogP contribution in [0.2, 0.25) is 0 Å². The van der Waals surface area contributed by atoms with E-state index in [-0.39, 0.29) is 23.0 Å². The summed E-state index contributed by atoms with van der Waals surface area (Å²) in [7, 11) is 1.38. The summed E-state index contributed by atoms with van der Waals surface area (Å²) in [5.41, 5.74) is -0.646. The van der Waals surface area contributed by atoms with Gasteiger partial charge in [-0.05, 0) is 18.2 Å². The quantitative estimate of drug-likeness (QED) is 0.589. The molecule has 0 fully saturated rings. The summed E-state index contributed by atoms with van der Waals surface area (Å²) in [6.45, 7) is 0. The zero-order chi connectivity index (χ0) is 17.4. The van der Waals surface area contributed by atoms with Gasteiger partial charge in [0.25, 0.3) is 0 Å². The molecule has 24 heavy (non-hydrogen) atoms. The highest BCUT2D eigenvalue weighted by Gasteiger charge is 2.25. The monoisotopic (exact) mass is 334 g/mol. The summed E-state index contributed by atoms with van der Waals surface area (Å²) in [6.07, 6.45) is 1.37. The Labute approximate surface area is 133 Å². The van der Waals surface area contributed by atoms with Crippen molar-refractivity contribution >= 4 is 16.8 Å². The van der Waals surface area contributed by atoms with Gasteiger partial charge in [-0.2, -0.15) is 0 Å². The predicted octanol–water partition coefficient (Wildman–Crippen LogP) is 2.99. The molecule has 0 amide bonds. The largest absolute Gasteiger partial charge is 0.505 e. The number of carbonyl (C=O) groups is 1. The number of rotatable bonds is 3. The lowest BCUT2D eigenvalue weighted by Gasteiger charge is -2.08. The van der Waals surface area contributed by atoms with Crippen LogP contribution < -0.4 is 4.74 Å². The standard InChI is InChI=1S/C16H9F3N2O3/c1-24-12-6-20-9-3-2-7(4-10(9)21-12)16(23)13-14(18)8(17)5-11(22)15(13)19/h2-6,22H,1H3. The first-order chi connectivity index (χ1) is 11.4. The Kier molecular flexibility index (Phi) is 3.80. The smallest absolute Gasteiger partial charge is 0.232 e. The molecule has 0 aliphatic carbocycles. The summed E-state index contributed by atoms with van der Waals surface area (Å²) < 4.78 is 46.0. The van der Waals surface area contributed by atoms with Crippen LogP contribution in [0.3, 0.4) is 0 Å². The van der Waals surface area contributed by atoms with Crippen molar-refractivity contribution in [2.75, 3.05) is 7.11 Å². The second-order valence-electron chi connectivity index (χ2n) is 4.83. The van der Waals surface area contributed by atoms with Gasteiger partial charge in [0, 0.05) is 11.6 Å². The van der Waals surface area contributed by atoms with Gasteiger partial charge in [0.05, 0.1) is 24.3 Å².